The van der Waals surface area contributed by atoms with E-state index in [0.717, 1.165) is 12.8 Å². The second-order valence-corrected chi connectivity index (χ2v) is 9.68. The highest BCUT2D eigenvalue weighted by atomic mass is 35.5. The van der Waals surface area contributed by atoms with Crippen LogP contribution in [0.2, 0.25) is 0 Å². The van der Waals surface area contributed by atoms with Crippen LogP contribution in [-0.4, -0.2) is 92.4 Å². The Morgan fingerprint density at radius 1 is 1.20 bits per heavy atom. The predicted octanol–water partition coefficient (Wildman–Crippen LogP) is -0.108. The first-order valence-electron chi connectivity index (χ1n) is 10.3. The van der Waals surface area contributed by atoms with Crippen LogP contribution in [0.1, 0.15) is 39.0 Å². The Morgan fingerprint density at radius 3 is 2.50 bits per heavy atom. The minimum atomic E-state index is -1.41. The molecule has 2 rings (SSSR count). The number of aliphatic hydroxyl groups excluding tert-OH is 3. The number of halogens is 1. The van der Waals surface area contributed by atoms with Crippen LogP contribution in [0.3, 0.4) is 0 Å². The van der Waals surface area contributed by atoms with Gasteiger partial charge in [-0.2, -0.15) is 0 Å². The molecule has 2 aliphatic rings. The van der Waals surface area contributed by atoms with Crippen LogP contribution in [0, 0.1) is 5.92 Å². The van der Waals surface area contributed by atoms with Gasteiger partial charge in [0, 0.05) is 6.42 Å². The summed E-state index contributed by atoms with van der Waals surface area (Å²) in [6, 6.07) is -1.25. The van der Waals surface area contributed by atoms with Gasteiger partial charge in [-0.1, -0.05) is 0 Å². The summed E-state index contributed by atoms with van der Waals surface area (Å²) < 4.78 is 5.77. The fraction of sp³-hybridized carbons (Fsp3) is 0.895. The number of aliphatic hydroxyl groups is 3. The summed E-state index contributed by atoms with van der Waals surface area (Å²) in [5.41, 5.74) is -0.755. The molecule has 0 aliphatic carbocycles. The Kier molecular flexibility index (Phi) is 10.1. The molecule has 0 spiro atoms. The number of carbonyl (C=O) groups excluding carboxylic acids is 1. The quantitative estimate of drug-likeness (QED) is 0.268. The summed E-state index contributed by atoms with van der Waals surface area (Å²) in [6.45, 7) is 2.27. The highest BCUT2D eigenvalue weighted by molar-refractivity contribution is 7.99. The molecule has 30 heavy (non-hydrogen) atoms. The van der Waals surface area contributed by atoms with Crippen molar-refractivity contribution in [3.8, 4) is 0 Å². The normalized spacial score (nSPS) is 37.1. The van der Waals surface area contributed by atoms with Crippen molar-refractivity contribution in [3.63, 3.8) is 0 Å². The van der Waals surface area contributed by atoms with Crippen LogP contribution in [0.4, 0.5) is 0 Å². The van der Waals surface area contributed by atoms with Crippen LogP contribution in [0.5, 0.6) is 0 Å². The number of carbonyl (C=O) groups is 2. The second-order valence-electron chi connectivity index (χ2n) is 8.06. The van der Waals surface area contributed by atoms with Gasteiger partial charge in [0.05, 0.1) is 17.5 Å². The predicted molar refractivity (Wildman–Crippen MR) is 113 cm³/mol. The Balaban J connectivity index is 2.00. The van der Waals surface area contributed by atoms with Gasteiger partial charge >= 0.3 is 5.97 Å². The number of thioether (sulfide) groups is 1. The molecule has 1 amide bonds. The number of hydrogen-bond acceptors (Lipinski definition) is 8. The third-order valence-corrected chi connectivity index (χ3v) is 7.01. The molecule has 2 heterocycles. The van der Waals surface area contributed by atoms with Gasteiger partial charge in [-0.05, 0) is 51.3 Å². The zero-order chi connectivity index (χ0) is 22.4. The van der Waals surface area contributed by atoms with Crippen molar-refractivity contribution in [2.45, 2.75) is 86.3 Å². The molecule has 0 bridgehead atoms. The van der Waals surface area contributed by atoms with Gasteiger partial charge in [-0.15, -0.1) is 23.4 Å². The average Bonchev–Trinajstić information content (AvgIpc) is 2.95. The Labute approximate surface area is 185 Å². The summed E-state index contributed by atoms with van der Waals surface area (Å²) in [5, 5.41) is 45.0. The Bertz CT molecular complexity index is 583. The lowest BCUT2D eigenvalue weighted by Crippen LogP contribution is -2.65. The van der Waals surface area contributed by atoms with E-state index in [1.807, 2.05) is 0 Å². The number of hydrogen-bond donors (Lipinski definition) is 6. The molecular weight excluding hydrogens is 436 g/mol. The molecule has 2 saturated heterocycles. The summed E-state index contributed by atoms with van der Waals surface area (Å²) in [4.78, 5) is 23.7. The van der Waals surface area contributed by atoms with Crippen molar-refractivity contribution < 1.29 is 34.8 Å². The van der Waals surface area contributed by atoms with E-state index in [-0.39, 0.29) is 18.2 Å². The number of aliphatic carboxylic acids is 1. The number of carboxylic acid groups (broad SMARTS) is 1. The highest BCUT2D eigenvalue weighted by Crippen LogP contribution is 2.30. The van der Waals surface area contributed by atoms with Gasteiger partial charge in [0.25, 0.3) is 0 Å². The molecule has 2 fully saturated rings. The maximum atomic E-state index is 12.9. The SMILES string of the molecule is CSC1O[C@H]([C@H](NC(=O)C2CC[C@H](CCC(=O)O)CCN2)[C@H](C)Cl)C(O)C(O)[C@H]1O. The standard InChI is InChI=1S/C19H33ClN2O7S/c1-9(20)13(17-15(26)14(25)16(27)19(29-17)30-2)22-18(28)11-5-3-10(7-8-21-11)4-6-12(23)24/h9-11,13-17,19,21,25-27H,3-8H2,1-2H3,(H,22,28)(H,23,24)/t9-,10+,11?,13+,14?,15?,16+,17+,19?/m0/s1. The van der Waals surface area contributed by atoms with E-state index in [9.17, 15) is 24.9 Å². The molecule has 0 radical (unpaired) electrons. The van der Waals surface area contributed by atoms with E-state index < -0.39 is 53.3 Å². The molecule has 174 valence electrons. The summed E-state index contributed by atoms with van der Waals surface area (Å²) in [7, 11) is 0. The summed E-state index contributed by atoms with van der Waals surface area (Å²) in [5.74, 6) is -0.859. The number of carboxylic acids is 1. The molecule has 6 N–H and O–H groups in total. The van der Waals surface area contributed by atoms with Crippen LogP contribution in [0.25, 0.3) is 0 Å². The van der Waals surface area contributed by atoms with Crippen molar-refractivity contribution in [1.82, 2.24) is 10.6 Å². The molecule has 0 aromatic carbocycles. The molecule has 9 nitrogen and oxygen atoms in total. The van der Waals surface area contributed by atoms with E-state index in [1.165, 1.54) is 11.8 Å². The third kappa shape index (κ3) is 6.69. The second kappa shape index (κ2) is 11.8. The van der Waals surface area contributed by atoms with Crippen molar-refractivity contribution in [3.05, 3.63) is 0 Å². The lowest BCUT2D eigenvalue weighted by atomic mass is 9.92. The Hall–Kier alpha value is -0.620. The molecule has 2 aliphatic heterocycles. The smallest absolute Gasteiger partial charge is 0.303 e. The summed E-state index contributed by atoms with van der Waals surface area (Å²) in [6.07, 6.45) is -0.533. The minimum Gasteiger partial charge on any atom is -0.481 e. The molecule has 11 heteroatoms. The van der Waals surface area contributed by atoms with Gasteiger partial charge < -0.3 is 35.8 Å². The van der Waals surface area contributed by atoms with Gasteiger partial charge in [0.15, 0.2) is 0 Å². The largest absolute Gasteiger partial charge is 0.481 e. The fourth-order valence-corrected chi connectivity index (χ4v) is 4.92. The van der Waals surface area contributed by atoms with E-state index in [0.29, 0.717) is 19.4 Å². The average molecular weight is 469 g/mol. The number of nitrogens with one attached hydrogen (secondary N) is 2. The van der Waals surface area contributed by atoms with Crippen LogP contribution < -0.4 is 10.6 Å². The van der Waals surface area contributed by atoms with Gasteiger partial charge in [-0.25, -0.2) is 0 Å². The van der Waals surface area contributed by atoms with E-state index in [1.54, 1.807) is 13.2 Å². The zero-order valence-electron chi connectivity index (χ0n) is 17.2. The molecular formula is C19H33ClN2O7S. The highest BCUT2D eigenvalue weighted by Gasteiger charge is 2.48. The maximum absolute atomic E-state index is 12.9. The fourth-order valence-electron chi connectivity index (χ4n) is 4.04. The van der Waals surface area contributed by atoms with Gasteiger partial charge in [-0.3, -0.25) is 9.59 Å². The first kappa shape index (κ1) is 25.6. The topological polar surface area (TPSA) is 148 Å². The molecule has 9 atom stereocenters. The number of ether oxygens (including phenoxy) is 1. The van der Waals surface area contributed by atoms with Crippen LogP contribution in [-0.2, 0) is 14.3 Å². The third-order valence-electron chi connectivity index (χ3n) is 5.89. The van der Waals surface area contributed by atoms with Gasteiger partial charge in [0.1, 0.15) is 29.9 Å². The van der Waals surface area contributed by atoms with Crippen molar-refractivity contribution in [2.24, 2.45) is 5.92 Å². The van der Waals surface area contributed by atoms with Crippen LogP contribution >= 0.6 is 23.4 Å². The number of rotatable bonds is 8. The summed E-state index contributed by atoms with van der Waals surface area (Å²) >= 11 is 7.49. The number of amides is 1. The molecule has 4 unspecified atom stereocenters. The monoisotopic (exact) mass is 468 g/mol. The first-order chi connectivity index (χ1) is 14.1. The van der Waals surface area contributed by atoms with Crippen molar-refractivity contribution >= 4 is 35.2 Å². The molecule has 0 aromatic heterocycles. The van der Waals surface area contributed by atoms with Crippen molar-refractivity contribution in [2.75, 3.05) is 12.8 Å². The van der Waals surface area contributed by atoms with Gasteiger partial charge in [0.2, 0.25) is 5.91 Å². The minimum absolute atomic E-state index is 0.120. The van der Waals surface area contributed by atoms with Crippen molar-refractivity contribution in [1.29, 1.82) is 0 Å². The van der Waals surface area contributed by atoms with E-state index >= 15 is 0 Å². The lowest BCUT2D eigenvalue weighted by molar-refractivity contribution is -0.205. The molecule has 0 aromatic rings. The lowest BCUT2D eigenvalue weighted by Gasteiger charge is -2.44. The van der Waals surface area contributed by atoms with E-state index in [4.69, 9.17) is 21.4 Å². The number of alkyl halides is 1. The van der Waals surface area contributed by atoms with E-state index in [2.05, 4.69) is 10.6 Å². The Morgan fingerprint density at radius 2 is 1.90 bits per heavy atom. The first-order valence-corrected chi connectivity index (χ1v) is 12.0. The van der Waals surface area contributed by atoms with Crippen LogP contribution in [0.15, 0.2) is 0 Å². The zero-order valence-corrected chi connectivity index (χ0v) is 18.8. The maximum Gasteiger partial charge on any atom is 0.303 e. The molecule has 0 saturated carbocycles.